The Bertz CT molecular complexity index is 545. The van der Waals surface area contributed by atoms with E-state index in [0.717, 1.165) is 38.8 Å². The molecular weight excluding hydrogens is 328 g/mol. The lowest BCUT2D eigenvalue weighted by Crippen LogP contribution is -2.41. The van der Waals surface area contributed by atoms with E-state index in [0.29, 0.717) is 0 Å². The van der Waals surface area contributed by atoms with Gasteiger partial charge >= 0.3 is 0 Å². The molecule has 0 unspecified atom stereocenters. The summed E-state index contributed by atoms with van der Waals surface area (Å²) in [5.74, 6) is -2.19. The maximum atomic E-state index is 12.7. The van der Waals surface area contributed by atoms with Gasteiger partial charge in [-0.05, 0) is 74.7 Å². The number of hydrogen-bond acceptors (Lipinski definition) is 1. The highest BCUT2D eigenvalue weighted by atomic mass is 19.3. The maximum absolute atomic E-state index is 12.7. The molecule has 2 rings (SSSR count). The fraction of sp³-hybridized carbons (Fsp3) is 0.652. The Balaban J connectivity index is 1.47. The highest BCUT2D eigenvalue weighted by Crippen LogP contribution is 2.41. The molecule has 0 radical (unpaired) electrons. The first-order valence-electron chi connectivity index (χ1n) is 10.3. The highest BCUT2D eigenvalue weighted by molar-refractivity contribution is 5.31. The van der Waals surface area contributed by atoms with E-state index in [2.05, 4.69) is 37.0 Å². The van der Waals surface area contributed by atoms with Gasteiger partial charge in [-0.3, -0.25) is 0 Å². The minimum absolute atomic E-state index is 0.0777. The molecule has 0 aliphatic heterocycles. The van der Waals surface area contributed by atoms with E-state index in [1.165, 1.54) is 42.4 Å². The minimum atomic E-state index is -2.38. The van der Waals surface area contributed by atoms with Crippen molar-refractivity contribution in [3.8, 4) is 0 Å². The molecule has 0 saturated heterocycles. The van der Waals surface area contributed by atoms with E-state index < -0.39 is 5.92 Å². The van der Waals surface area contributed by atoms with E-state index in [4.69, 9.17) is 0 Å². The monoisotopic (exact) mass is 363 g/mol. The van der Waals surface area contributed by atoms with Crippen molar-refractivity contribution in [3.05, 3.63) is 47.5 Å². The van der Waals surface area contributed by atoms with Crippen LogP contribution in [0, 0.1) is 12.8 Å². The summed E-state index contributed by atoms with van der Waals surface area (Å²) in [5.41, 5.74) is 4.29. The quantitative estimate of drug-likeness (QED) is 0.323. The fourth-order valence-electron chi connectivity index (χ4n) is 3.75. The summed E-state index contributed by atoms with van der Waals surface area (Å²) < 4.78 is 25.4. The van der Waals surface area contributed by atoms with Crippen molar-refractivity contribution in [1.29, 1.82) is 0 Å². The van der Waals surface area contributed by atoms with Crippen LogP contribution in [0.1, 0.15) is 68.1 Å². The van der Waals surface area contributed by atoms with Gasteiger partial charge < -0.3 is 5.32 Å². The van der Waals surface area contributed by atoms with Crippen molar-refractivity contribution >= 4 is 0 Å². The number of nitrogens with one attached hydrogen (secondary N) is 1. The zero-order valence-corrected chi connectivity index (χ0v) is 16.3. The average molecular weight is 364 g/mol. The van der Waals surface area contributed by atoms with Gasteiger partial charge in [-0.1, -0.05) is 43.5 Å². The van der Waals surface area contributed by atoms with Crippen LogP contribution >= 0.6 is 0 Å². The smallest absolute Gasteiger partial charge is 0.248 e. The zero-order chi connectivity index (χ0) is 18.8. The van der Waals surface area contributed by atoms with Crippen LogP contribution in [-0.4, -0.2) is 19.0 Å². The van der Waals surface area contributed by atoms with Crippen LogP contribution in [0.25, 0.3) is 0 Å². The average Bonchev–Trinajstić information content (AvgIpc) is 2.58. The number of halogens is 2. The van der Waals surface area contributed by atoms with Crippen LogP contribution in [0.15, 0.2) is 30.9 Å². The van der Waals surface area contributed by atoms with Crippen LogP contribution < -0.4 is 5.32 Å². The second-order valence-corrected chi connectivity index (χ2v) is 7.94. The van der Waals surface area contributed by atoms with Gasteiger partial charge in [-0.25, -0.2) is 8.78 Å². The van der Waals surface area contributed by atoms with Gasteiger partial charge in [0.05, 0.1) is 0 Å². The normalized spacial score (nSPS) is 16.4. The third-order valence-corrected chi connectivity index (χ3v) is 5.46. The molecule has 26 heavy (non-hydrogen) atoms. The molecule has 0 spiro atoms. The molecule has 1 nitrogen and oxygen atoms in total. The molecule has 0 bridgehead atoms. The lowest BCUT2D eigenvalue weighted by atomic mass is 9.81. The predicted molar refractivity (Wildman–Crippen MR) is 107 cm³/mol. The summed E-state index contributed by atoms with van der Waals surface area (Å²) in [6.45, 7) is 7.72. The minimum Gasteiger partial charge on any atom is -0.316 e. The van der Waals surface area contributed by atoms with E-state index in [1.807, 2.05) is 6.08 Å². The number of rotatable bonds is 13. The molecule has 0 heterocycles. The topological polar surface area (TPSA) is 12.0 Å². The zero-order valence-electron chi connectivity index (χ0n) is 16.3. The molecule has 1 fully saturated rings. The number of hydrogen-bond donors (Lipinski definition) is 1. The summed E-state index contributed by atoms with van der Waals surface area (Å²) in [6, 6.07) is 6.88. The molecular formula is C23H35F2N. The van der Waals surface area contributed by atoms with Crippen LogP contribution in [0.5, 0.6) is 0 Å². The first kappa shape index (κ1) is 21.1. The molecule has 1 aromatic carbocycles. The molecule has 1 saturated carbocycles. The molecule has 1 aromatic rings. The third kappa shape index (κ3) is 7.57. The van der Waals surface area contributed by atoms with Crippen molar-refractivity contribution < 1.29 is 8.78 Å². The van der Waals surface area contributed by atoms with Crippen LogP contribution in [0.2, 0.25) is 0 Å². The van der Waals surface area contributed by atoms with Gasteiger partial charge in [0.25, 0.3) is 0 Å². The summed E-state index contributed by atoms with van der Waals surface area (Å²) >= 11 is 0. The fourth-order valence-corrected chi connectivity index (χ4v) is 3.75. The number of unbranched alkanes of at least 4 members (excludes halogenated alkanes) is 4. The van der Waals surface area contributed by atoms with Crippen molar-refractivity contribution in [3.63, 3.8) is 0 Å². The van der Waals surface area contributed by atoms with E-state index in [-0.39, 0.29) is 18.8 Å². The number of alkyl halides is 2. The Morgan fingerprint density at radius 2 is 1.85 bits per heavy atom. The highest BCUT2D eigenvalue weighted by Gasteiger charge is 2.44. The Labute approximate surface area is 158 Å². The van der Waals surface area contributed by atoms with Crippen molar-refractivity contribution in [2.75, 3.05) is 13.1 Å². The van der Waals surface area contributed by atoms with Crippen molar-refractivity contribution in [2.24, 2.45) is 5.92 Å². The lowest BCUT2D eigenvalue weighted by molar-refractivity contribution is -0.109. The number of benzene rings is 1. The van der Waals surface area contributed by atoms with Gasteiger partial charge in [0.15, 0.2) is 0 Å². The first-order valence-corrected chi connectivity index (χ1v) is 10.3. The third-order valence-electron chi connectivity index (χ3n) is 5.46. The molecule has 3 heteroatoms. The largest absolute Gasteiger partial charge is 0.316 e. The molecule has 1 N–H and O–H groups in total. The predicted octanol–water partition coefficient (Wildman–Crippen LogP) is 6.24. The Morgan fingerprint density at radius 3 is 2.58 bits per heavy atom. The van der Waals surface area contributed by atoms with Gasteiger partial charge in [-0.2, -0.15) is 0 Å². The van der Waals surface area contributed by atoms with Crippen molar-refractivity contribution in [1.82, 2.24) is 5.32 Å². The molecule has 0 amide bonds. The van der Waals surface area contributed by atoms with Crippen LogP contribution in [-0.2, 0) is 12.8 Å². The van der Waals surface area contributed by atoms with E-state index in [9.17, 15) is 8.78 Å². The molecule has 1 aliphatic rings. The first-order chi connectivity index (χ1) is 12.5. The van der Waals surface area contributed by atoms with Gasteiger partial charge in [0.1, 0.15) is 0 Å². The van der Waals surface area contributed by atoms with Crippen LogP contribution in [0.4, 0.5) is 8.78 Å². The summed E-state index contributed by atoms with van der Waals surface area (Å²) in [4.78, 5) is 0. The summed E-state index contributed by atoms with van der Waals surface area (Å²) in [7, 11) is 0. The number of allylic oxidation sites excluding steroid dienone is 1. The lowest BCUT2D eigenvalue weighted by Gasteiger charge is -2.35. The van der Waals surface area contributed by atoms with Crippen LogP contribution in [0.3, 0.4) is 0 Å². The molecule has 0 aromatic heterocycles. The second-order valence-electron chi connectivity index (χ2n) is 7.94. The second kappa shape index (κ2) is 10.8. The Hall–Kier alpha value is -1.22. The SMILES string of the molecule is C=CCCc1cc(CCCCCCCNCC2CC(F)(F)C2)ccc1C. The summed E-state index contributed by atoms with van der Waals surface area (Å²) in [6.07, 6.45) is 11.6. The number of aryl methyl sites for hydroxylation is 3. The standard InChI is InChI=1S/C23H35F2N/c1-3-4-11-22-15-20(13-12-19(22)2)10-8-6-5-7-9-14-26-18-21-16-23(24,25)17-21/h3,12-13,15,21,26H,1,4-11,14,16-18H2,2H3. The maximum Gasteiger partial charge on any atom is 0.248 e. The Morgan fingerprint density at radius 1 is 1.12 bits per heavy atom. The van der Waals surface area contributed by atoms with E-state index in [1.54, 1.807) is 0 Å². The summed E-state index contributed by atoms with van der Waals surface area (Å²) in [5, 5.41) is 3.33. The van der Waals surface area contributed by atoms with Gasteiger partial charge in [0, 0.05) is 12.8 Å². The molecule has 146 valence electrons. The molecule has 0 atom stereocenters. The van der Waals surface area contributed by atoms with Gasteiger partial charge in [-0.15, -0.1) is 6.58 Å². The van der Waals surface area contributed by atoms with Crippen molar-refractivity contribution in [2.45, 2.75) is 77.1 Å². The van der Waals surface area contributed by atoms with E-state index >= 15 is 0 Å². The Kier molecular flexibility index (Phi) is 8.77. The molecule has 1 aliphatic carbocycles. The van der Waals surface area contributed by atoms with Gasteiger partial charge in [0.2, 0.25) is 5.92 Å².